The molecule has 0 bridgehead atoms. The van der Waals surface area contributed by atoms with E-state index in [9.17, 15) is 18.8 Å². The number of nitrogens with zero attached hydrogens (tertiary/aromatic N) is 2. The van der Waals surface area contributed by atoms with Gasteiger partial charge in [0.25, 0.3) is 5.56 Å². The van der Waals surface area contributed by atoms with Crippen LogP contribution in [0.5, 0.6) is 17.2 Å². The van der Waals surface area contributed by atoms with Crippen LogP contribution in [-0.2, 0) is 11.8 Å². The van der Waals surface area contributed by atoms with E-state index in [4.69, 9.17) is 21.1 Å². The van der Waals surface area contributed by atoms with Gasteiger partial charge in [-0.05, 0) is 31.5 Å². The zero-order valence-electron chi connectivity index (χ0n) is 17.9. The number of hydrogen-bond acceptors (Lipinski definition) is 5. The van der Waals surface area contributed by atoms with E-state index in [0.29, 0.717) is 28.9 Å². The molecule has 1 heterocycles. The number of hydrogen-bond donors (Lipinski definition) is 0. The number of aromatic nitrogens is 2. The third kappa shape index (κ3) is 4.91. The van der Waals surface area contributed by atoms with E-state index in [1.54, 1.807) is 31.2 Å². The summed E-state index contributed by atoms with van der Waals surface area (Å²) < 4.78 is 28.0. The fraction of sp³-hybridized carbons (Fsp3) is 0.261. The molecule has 0 aliphatic carbocycles. The number of carbonyl (C=O) groups is 1. The maximum Gasteiger partial charge on any atom is 0.335 e. The average Bonchev–Trinajstić information content (AvgIpc) is 2.74. The number of benzene rings is 2. The van der Waals surface area contributed by atoms with Gasteiger partial charge >= 0.3 is 5.69 Å². The number of ketones is 1. The van der Waals surface area contributed by atoms with Crippen LogP contribution in [0, 0.1) is 12.7 Å². The SMILES string of the molecule is CCCC(=O)COc1ccccc1Oc1cc(-n2c(=O)cc(C)n(C)c2=O)c(F)cc1Cl. The lowest BCUT2D eigenvalue weighted by Crippen LogP contribution is -2.38. The molecule has 7 nitrogen and oxygen atoms in total. The number of aryl methyl sites for hydroxylation is 1. The molecule has 0 atom stereocenters. The second kappa shape index (κ2) is 9.82. The molecule has 32 heavy (non-hydrogen) atoms. The van der Waals surface area contributed by atoms with E-state index in [-0.39, 0.29) is 34.6 Å². The molecule has 0 spiro atoms. The summed E-state index contributed by atoms with van der Waals surface area (Å²) in [6.07, 6.45) is 1.11. The molecule has 0 aliphatic rings. The van der Waals surface area contributed by atoms with Crippen molar-refractivity contribution in [2.24, 2.45) is 7.05 Å². The van der Waals surface area contributed by atoms with Crippen molar-refractivity contribution in [1.29, 1.82) is 0 Å². The van der Waals surface area contributed by atoms with Crippen molar-refractivity contribution >= 4 is 17.4 Å². The molecule has 2 aromatic carbocycles. The molecule has 0 fully saturated rings. The minimum atomic E-state index is -0.861. The van der Waals surface area contributed by atoms with Crippen LogP contribution in [0.3, 0.4) is 0 Å². The molecular weight excluding hydrogens is 439 g/mol. The molecule has 0 unspecified atom stereocenters. The van der Waals surface area contributed by atoms with Crippen LogP contribution in [-0.4, -0.2) is 21.5 Å². The number of ether oxygens (including phenoxy) is 2. The molecular formula is C23H22ClFN2O5. The second-order valence-electron chi connectivity index (χ2n) is 7.16. The molecule has 3 rings (SSSR count). The Balaban J connectivity index is 2.01. The van der Waals surface area contributed by atoms with Gasteiger partial charge in [-0.3, -0.25) is 9.59 Å². The predicted octanol–water partition coefficient (Wildman–Crippen LogP) is 4.18. The van der Waals surface area contributed by atoms with Crippen LogP contribution in [0.4, 0.5) is 4.39 Å². The van der Waals surface area contributed by atoms with Gasteiger partial charge in [-0.1, -0.05) is 30.7 Å². The van der Waals surface area contributed by atoms with E-state index >= 15 is 0 Å². The van der Waals surface area contributed by atoms with Gasteiger partial charge in [0.2, 0.25) is 0 Å². The standard InChI is InChI=1S/C23H22ClFN2O5/c1-4-7-15(28)13-31-19-8-5-6-9-20(19)32-21-12-18(17(25)11-16(21)24)27-22(29)10-14(2)26(3)23(27)30/h5-6,8-12H,4,7,13H2,1-3H3. The summed E-state index contributed by atoms with van der Waals surface area (Å²) in [7, 11) is 1.48. The smallest absolute Gasteiger partial charge is 0.335 e. The third-order valence-corrected chi connectivity index (χ3v) is 5.08. The van der Waals surface area contributed by atoms with Crippen LogP contribution in [0.15, 0.2) is 52.1 Å². The van der Waals surface area contributed by atoms with Crippen molar-refractivity contribution in [3.63, 3.8) is 0 Å². The highest BCUT2D eigenvalue weighted by atomic mass is 35.5. The van der Waals surface area contributed by atoms with Crippen molar-refractivity contribution in [3.05, 3.63) is 79.8 Å². The Morgan fingerprint density at radius 3 is 2.47 bits per heavy atom. The summed E-state index contributed by atoms with van der Waals surface area (Å²) in [5.74, 6) is -0.379. The summed E-state index contributed by atoms with van der Waals surface area (Å²) in [4.78, 5) is 36.8. The van der Waals surface area contributed by atoms with Crippen molar-refractivity contribution in [2.45, 2.75) is 26.7 Å². The van der Waals surface area contributed by atoms with Gasteiger partial charge in [-0.25, -0.2) is 13.8 Å². The number of rotatable bonds is 8. The summed E-state index contributed by atoms with van der Waals surface area (Å²) in [6, 6.07) is 9.98. The highest BCUT2D eigenvalue weighted by Gasteiger charge is 2.18. The maximum atomic E-state index is 14.7. The number of para-hydroxylation sites is 2. The zero-order valence-corrected chi connectivity index (χ0v) is 18.6. The number of halogens is 2. The largest absolute Gasteiger partial charge is 0.482 e. The van der Waals surface area contributed by atoms with Gasteiger partial charge < -0.3 is 14.0 Å². The van der Waals surface area contributed by atoms with Gasteiger partial charge in [0.05, 0.1) is 10.7 Å². The zero-order chi connectivity index (χ0) is 23.4. The van der Waals surface area contributed by atoms with Gasteiger partial charge in [-0.15, -0.1) is 0 Å². The third-order valence-electron chi connectivity index (χ3n) is 4.79. The van der Waals surface area contributed by atoms with E-state index in [1.807, 2.05) is 6.92 Å². The predicted molar refractivity (Wildman–Crippen MR) is 119 cm³/mol. The molecule has 9 heteroatoms. The molecule has 0 aliphatic heterocycles. The first-order chi connectivity index (χ1) is 15.2. The van der Waals surface area contributed by atoms with Crippen molar-refractivity contribution in [1.82, 2.24) is 9.13 Å². The van der Waals surface area contributed by atoms with E-state index in [0.717, 1.165) is 6.07 Å². The lowest BCUT2D eigenvalue weighted by atomic mass is 10.2. The fourth-order valence-corrected chi connectivity index (χ4v) is 3.20. The Labute approximate surface area is 188 Å². The number of Topliss-reactive ketones (excluding diaryl/α,β-unsaturated/α-hetero) is 1. The summed E-state index contributed by atoms with van der Waals surface area (Å²) >= 11 is 6.17. The highest BCUT2D eigenvalue weighted by molar-refractivity contribution is 6.32. The molecule has 1 aromatic heterocycles. The van der Waals surface area contributed by atoms with Gasteiger partial charge in [0.15, 0.2) is 17.3 Å². The van der Waals surface area contributed by atoms with Crippen molar-refractivity contribution in [2.75, 3.05) is 6.61 Å². The average molecular weight is 461 g/mol. The van der Waals surface area contributed by atoms with Crippen LogP contribution >= 0.6 is 11.6 Å². The lowest BCUT2D eigenvalue weighted by molar-refractivity contribution is -0.121. The molecule has 168 valence electrons. The van der Waals surface area contributed by atoms with E-state index in [2.05, 4.69) is 0 Å². The normalized spacial score (nSPS) is 10.8. The first-order valence-electron chi connectivity index (χ1n) is 9.93. The minimum Gasteiger partial charge on any atom is -0.482 e. The summed E-state index contributed by atoms with van der Waals surface area (Å²) in [5, 5.41) is -0.0694. The molecule has 0 saturated carbocycles. The molecule has 0 N–H and O–H groups in total. The quantitative estimate of drug-likeness (QED) is 0.504. The Morgan fingerprint density at radius 1 is 1.09 bits per heavy atom. The molecule has 0 saturated heterocycles. The maximum absolute atomic E-state index is 14.7. The molecule has 0 radical (unpaired) electrons. The first-order valence-corrected chi connectivity index (χ1v) is 10.3. The van der Waals surface area contributed by atoms with Crippen molar-refractivity contribution in [3.8, 4) is 22.9 Å². The Kier molecular flexibility index (Phi) is 7.15. The van der Waals surface area contributed by atoms with Crippen LogP contribution in [0.1, 0.15) is 25.5 Å². The minimum absolute atomic E-state index is 0.00790. The molecule has 0 amide bonds. The van der Waals surface area contributed by atoms with Crippen LogP contribution in [0.2, 0.25) is 5.02 Å². The monoisotopic (exact) mass is 460 g/mol. The Bertz CT molecular complexity index is 1280. The van der Waals surface area contributed by atoms with Gasteiger partial charge in [0.1, 0.15) is 18.2 Å². The Morgan fingerprint density at radius 2 is 1.78 bits per heavy atom. The lowest BCUT2D eigenvalue weighted by Gasteiger charge is -2.15. The summed E-state index contributed by atoms with van der Waals surface area (Å²) in [6.45, 7) is 3.38. The number of carbonyl (C=O) groups excluding carboxylic acids is 1. The Hall–Kier alpha value is -3.39. The van der Waals surface area contributed by atoms with Gasteiger partial charge in [-0.2, -0.15) is 0 Å². The van der Waals surface area contributed by atoms with Crippen molar-refractivity contribution < 1.29 is 18.7 Å². The first kappa shape index (κ1) is 23.3. The van der Waals surface area contributed by atoms with E-state index < -0.39 is 17.1 Å². The summed E-state index contributed by atoms with van der Waals surface area (Å²) in [5.41, 5.74) is -1.26. The fourth-order valence-electron chi connectivity index (χ4n) is 3.01. The van der Waals surface area contributed by atoms with Gasteiger partial charge in [0, 0.05) is 31.3 Å². The second-order valence-corrected chi connectivity index (χ2v) is 7.57. The topological polar surface area (TPSA) is 79.5 Å². The van der Waals surface area contributed by atoms with E-state index in [1.165, 1.54) is 23.7 Å². The van der Waals surface area contributed by atoms with Crippen LogP contribution < -0.4 is 20.7 Å². The van der Waals surface area contributed by atoms with Crippen LogP contribution in [0.25, 0.3) is 5.69 Å². The highest BCUT2D eigenvalue weighted by Crippen LogP contribution is 2.36. The molecule has 3 aromatic rings.